The monoisotopic (exact) mass is 309 g/mol. The van der Waals surface area contributed by atoms with Crippen LogP contribution in [0.1, 0.15) is 25.7 Å². The molecule has 3 rings (SSSR count). The number of benzene rings is 1. The topological polar surface area (TPSA) is 67.2 Å². The lowest BCUT2D eigenvalue weighted by Gasteiger charge is -2.24. The van der Waals surface area contributed by atoms with Crippen LogP contribution in [0.4, 0.5) is 15.8 Å². The van der Waals surface area contributed by atoms with Crippen LogP contribution >= 0.6 is 12.2 Å². The highest BCUT2D eigenvalue weighted by Gasteiger charge is 2.39. The van der Waals surface area contributed by atoms with E-state index in [0.29, 0.717) is 17.1 Å². The van der Waals surface area contributed by atoms with Crippen LogP contribution in [0.25, 0.3) is 0 Å². The third-order valence-corrected chi connectivity index (χ3v) is 4.68. The van der Waals surface area contributed by atoms with E-state index in [2.05, 4.69) is 10.6 Å². The van der Waals surface area contributed by atoms with Gasteiger partial charge in [0.05, 0.1) is 10.6 Å². The first-order valence-corrected chi connectivity index (χ1v) is 7.45. The first-order valence-electron chi connectivity index (χ1n) is 7.04. The Balaban J connectivity index is 1.64. The van der Waals surface area contributed by atoms with Crippen LogP contribution in [-0.2, 0) is 0 Å². The highest BCUT2D eigenvalue weighted by molar-refractivity contribution is 7.80. The minimum absolute atomic E-state index is 0.0323. The Morgan fingerprint density at radius 2 is 2.19 bits per heavy atom. The van der Waals surface area contributed by atoms with Gasteiger partial charge in [-0.1, -0.05) is 6.42 Å². The molecule has 0 saturated heterocycles. The highest BCUT2D eigenvalue weighted by Crippen LogP contribution is 2.44. The number of thiocarbonyl (C=S) groups is 1. The molecule has 2 fully saturated rings. The molecule has 1 aromatic rings. The average molecular weight is 309 g/mol. The molecule has 21 heavy (non-hydrogen) atoms. The normalized spacial score (nSPS) is 26.6. The number of fused-ring (bicyclic) bond motifs is 2. The van der Waals surface area contributed by atoms with E-state index in [1.54, 1.807) is 0 Å². The van der Waals surface area contributed by atoms with Crippen molar-refractivity contribution < 1.29 is 9.31 Å². The van der Waals surface area contributed by atoms with E-state index >= 15 is 0 Å². The van der Waals surface area contributed by atoms with Gasteiger partial charge in [-0.15, -0.1) is 0 Å². The summed E-state index contributed by atoms with van der Waals surface area (Å²) in [6.45, 7) is 0. The van der Waals surface area contributed by atoms with E-state index in [9.17, 15) is 14.5 Å². The molecule has 0 amide bonds. The standard InChI is InChI=1S/C14H16FN3O2S/c15-11-4-3-10(18(19)20)7-13(11)17-14(21)16-12-6-8-1-2-9(12)5-8/h3-4,7-9,12H,1-2,5-6H2,(H2,16,17,21). The van der Waals surface area contributed by atoms with E-state index in [0.717, 1.165) is 30.5 Å². The zero-order valence-corrected chi connectivity index (χ0v) is 12.2. The number of hydrogen-bond acceptors (Lipinski definition) is 3. The van der Waals surface area contributed by atoms with Gasteiger partial charge in [0.1, 0.15) is 5.82 Å². The number of hydrogen-bond donors (Lipinski definition) is 2. The molecule has 5 nitrogen and oxygen atoms in total. The van der Waals surface area contributed by atoms with Gasteiger partial charge in [-0.2, -0.15) is 0 Å². The maximum Gasteiger partial charge on any atom is 0.271 e. The highest BCUT2D eigenvalue weighted by atomic mass is 32.1. The molecule has 3 unspecified atom stereocenters. The van der Waals surface area contributed by atoms with Crippen LogP contribution in [0.15, 0.2) is 18.2 Å². The molecular formula is C14H16FN3O2S. The third-order valence-electron chi connectivity index (χ3n) is 4.46. The minimum Gasteiger partial charge on any atom is -0.359 e. The third kappa shape index (κ3) is 2.97. The second-order valence-electron chi connectivity index (χ2n) is 5.80. The van der Waals surface area contributed by atoms with Gasteiger partial charge in [-0.3, -0.25) is 10.1 Å². The molecule has 2 N–H and O–H groups in total. The fourth-order valence-electron chi connectivity index (χ4n) is 3.47. The smallest absolute Gasteiger partial charge is 0.271 e. The summed E-state index contributed by atoms with van der Waals surface area (Å²) in [4.78, 5) is 10.2. The van der Waals surface area contributed by atoms with Gasteiger partial charge in [-0.05, 0) is 49.4 Å². The van der Waals surface area contributed by atoms with Crippen LogP contribution in [0.2, 0.25) is 0 Å². The van der Waals surface area contributed by atoms with Gasteiger partial charge < -0.3 is 10.6 Å². The largest absolute Gasteiger partial charge is 0.359 e. The van der Waals surface area contributed by atoms with Gasteiger partial charge in [0.25, 0.3) is 5.69 Å². The van der Waals surface area contributed by atoms with E-state index in [-0.39, 0.29) is 11.4 Å². The first kappa shape index (κ1) is 14.2. The van der Waals surface area contributed by atoms with Crippen molar-refractivity contribution in [2.24, 2.45) is 11.8 Å². The lowest BCUT2D eigenvalue weighted by atomic mass is 9.96. The van der Waals surface area contributed by atoms with Gasteiger partial charge in [0, 0.05) is 18.2 Å². The molecule has 2 aliphatic rings. The molecule has 2 aliphatic carbocycles. The Labute approximate surface area is 127 Å². The Morgan fingerprint density at radius 3 is 2.81 bits per heavy atom. The van der Waals surface area contributed by atoms with Crippen LogP contribution in [0, 0.1) is 27.8 Å². The number of nitro benzene ring substituents is 1. The van der Waals surface area contributed by atoms with E-state index in [4.69, 9.17) is 12.2 Å². The fourth-order valence-corrected chi connectivity index (χ4v) is 3.73. The molecular weight excluding hydrogens is 293 g/mol. The summed E-state index contributed by atoms with van der Waals surface area (Å²) in [6.07, 6.45) is 4.86. The van der Waals surface area contributed by atoms with Crippen LogP contribution in [0.5, 0.6) is 0 Å². The van der Waals surface area contributed by atoms with E-state index in [1.807, 2.05) is 0 Å². The Morgan fingerprint density at radius 1 is 1.38 bits per heavy atom. The van der Waals surface area contributed by atoms with Gasteiger partial charge in [-0.25, -0.2) is 4.39 Å². The van der Waals surface area contributed by atoms with Crippen molar-refractivity contribution in [2.75, 3.05) is 5.32 Å². The number of nitrogens with zero attached hydrogens (tertiary/aromatic N) is 1. The zero-order chi connectivity index (χ0) is 15.0. The van der Waals surface area contributed by atoms with Crippen LogP contribution < -0.4 is 10.6 Å². The summed E-state index contributed by atoms with van der Waals surface area (Å²) < 4.78 is 13.7. The average Bonchev–Trinajstić information content (AvgIpc) is 3.03. The van der Waals surface area contributed by atoms with Crippen LogP contribution in [0.3, 0.4) is 0 Å². The van der Waals surface area contributed by atoms with Crippen molar-refractivity contribution in [3.8, 4) is 0 Å². The first-order chi connectivity index (χ1) is 10.0. The molecule has 1 aromatic carbocycles. The maximum absolute atomic E-state index is 13.7. The molecule has 112 valence electrons. The lowest BCUT2D eigenvalue weighted by Crippen LogP contribution is -2.40. The summed E-state index contributed by atoms with van der Waals surface area (Å²) in [5.74, 6) is 0.868. The molecule has 0 spiro atoms. The van der Waals surface area contributed by atoms with Crippen molar-refractivity contribution in [1.29, 1.82) is 0 Å². The molecule has 0 heterocycles. The Kier molecular flexibility index (Phi) is 3.75. The quantitative estimate of drug-likeness (QED) is 0.510. The number of halogens is 1. The molecule has 3 atom stereocenters. The summed E-state index contributed by atoms with van der Waals surface area (Å²) in [7, 11) is 0. The minimum atomic E-state index is -0.559. The van der Waals surface area contributed by atoms with Crippen molar-refractivity contribution in [1.82, 2.24) is 5.32 Å². The van der Waals surface area contributed by atoms with Crippen LogP contribution in [-0.4, -0.2) is 16.1 Å². The molecule has 2 bridgehead atoms. The Bertz CT molecular complexity index is 596. The summed E-state index contributed by atoms with van der Waals surface area (Å²) in [5, 5.41) is 17.0. The van der Waals surface area contributed by atoms with Crippen molar-refractivity contribution in [2.45, 2.75) is 31.7 Å². The van der Waals surface area contributed by atoms with Crippen molar-refractivity contribution in [3.05, 3.63) is 34.1 Å². The maximum atomic E-state index is 13.7. The number of non-ortho nitro benzene ring substituents is 1. The summed E-state index contributed by atoms with van der Waals surface area (Å²) in [6, 6.07) is 3.70. The van der Waals surface area contributed by atoms with Gasteiger partial charge in [0.2, 0.25) is 0 Å². The molecule has 2 saturated carbocycles. The SMILES string of the molecule is O=[N+]([O-])c1ccc(F)c(NC(=S)NC2CC3CCC2C3)c1. The summed E-state index contributed by atoms with van der Waals surface area (Å²) in [5.41, 5.74) is -0.133. The number of nitro groups is 1. The predicted octanol–water partition coefficient (Wildman–Crippen LogP) is 3.21. The lowest BCUT2D eigenvalue weighted by molar-refractivity contribution is -0.384. The Hall–Kier alpha value is -1.76. The second-order valence-corrected chi connectivity index (χ2v) is 6.21. The predicted molar refractivity (Wildman–Crippen MR) is 81.6 cm³/mol. The second kappa shape index (κ2) is 5.55. The van der Waals surface area contributed by atoms with Gasteiger partial charge >= 0.3 is 0 Å². The molecule has 0 radical (unpaired) electrons. The number of anilines is 1. The zero-order valence-electron chi connectivity index (χ0n) is 11.3. The van der Waals surface area contributed by atoms with E-state index in [1.165, 1.54) is 19.3 Å². The molecule has 0 aliphatic heterocycles. The summed E-state index contributed by atoms with van der Waals surface area (Å²) >= 11 is 5.20. The number of nitrogens with one attached hydrogen (secondary N) is 2. The number of rotatable bonds is 3. The molecule has 0 aromatic heterocycles. The van der Waals surface area contributed by atoms with E-state index < -0.39 is 10.7 Å². The van der Waals surface area contributed by atoms with Crippen molar-refractivity contribution in [3.63, 3.8) is 0 Å². The van der Waals surface area contributed by atoms with Crippen molar-refractivity contribution >= 4 is 28.7 Å². The molecule has 7 heteroatoms. The fraction of sp³-hybridized carbons (Fsp3) is 0.500. The van der Waals surface area contributed by atoms with Gasteiger partial charge in [0.15, 0.2) is 5.11 Å².